The first kappa shape index (κ1) is 14.3. The van der Waals surface area contributed by atoms with Crippen molar-refractivity contribution in [2.75, 3.05) is 13.2 Å². The maximum atomic E-state index is 13.2. The Kier molecular flexibility index (Phi) is 4.10. The molecule has 1 unspecified atom stereocenters. The van der Waals surface area contributed by atoms with E-state index in [0.717, 1.165) is 16.9 Å². The zero-order valence-corrected chi connectivity index (χ0v) is 12.7. The highest BCUT2D eigenvalue weighted by molar-refractivity contribution is 9.10. The van der Waals surface area contributed by atoms with Gasteiger partial charge >= 0.3 is 0 Å². The van der Waals surface area contributed by atoms with Gasteiger partial charge in [-0.25, -0.2) is 9.82 Å². The van der Waals surface area contributed by atoms with Crippen molar-refractivity contribution in [3.05, 3.63) is 57.8 Å². The third-order valence-corrected chi connectivity index (χ3v) is 4.03. The normalized spacial score (nSPS) is 14.8. The topological polar surface area (TPSA) is 56.5 Å². The number of hydrogen-bond acceptors (Lipinski definition) is 4. The molecule has 0 fully saturated rings. The number of hydrogen-bond donors (Lipinski definition) is 2. The molecule has 110 valence electrons. The van der Waals surface area contributed by atoms with Crippen LogP contribution in [0.4, 0.5) is 4.39 Å². The fraction of sp³-hybridized carbons (Fsp3) is 0.200. The highest BCUT2D eigenvalue weighted by Gasteiger charge is 2.19. The summed E-state index contributed by atoms with van der Waals surface area (Å²) in [6, 6.07) is 9.88. The summed E-state index contributed by atoms with van der Waals surface area (Å²) in [4.78, 5) is 0. The quantitative estimate of drug-likeness (QED) is 0.658. The molecule has 4 nitrogen and oxygen atoms in total. The third-order valence-electron chi connectivity index (χ3n) is 3.34. The van der Waals surface area contributed by atoms with Gasteiger partial charge < -0.3 is 9.47 Å². The second-order valence-corrected chi connectivity index (χ2v) is 5.52. The lowest BCUT2D eigenvalue weighted by atomic mass is 9.98. The summed E-state index contributed by atoms with van der Waals surface area (Å²) in [5, 5.41) is 0. The minimum Gasteiger partial charge on any atom is -0.486 e. The largest absolute Gasteiger partial charge is 0.486 e. The van der Waals surface area contributed by atoms with Crippen molar-refractivity contribution < 1.29 is 13.9 Å². The zero-order chi connectivity index (χ0) is 14.8. The van der Waals surface area contributed by atoms with Gasteiger partial charge in [0.15, 0.2) is 11.5 Å². The second-order valence-electron chi connectivity index (χ2n) is 4.67. The highest BCUT2D eigenvalue weighted by Crippen LogP contribution is 2.35. The van der Waals surface area contributed by atoms with Crippen LogP contribution in [0.1, 0.15) is 17.2 Å². The standard InChI is InChI=1S/C15H14BrFN2O2/c16-12-8-10(17)2-3-11(12)15(19-18)9-1-4-13-14(7-9)21-6-5-20-13/h1-4,7-8,15,19H,5-6,18H2. The molecular formula is C15H14BrFN2O2. The number of hydrazine groups is 1. The molecule has 2 aromatic carbocycles. The van der Waals surface area contributed by atoms with Crippen LogP contribution in [0.5, 0.6) is 11.5 Å². The average molecular weight is 353 g/mol. The van der Waals surface area contributed by atoms with E-state index in [9.17, 15) is 4.39 Å². The van der Waals surface area contributed by atoms with Crippen LogP contribution < -0.4 is 20.7 Å². The van der Waals surface area contributed by atoms with Crippen LogP contribution in [0.3, 0.4) is 0 Å². The molecule has 6 heteroatoms. The van der Waals surface area contributed by atoms with Crippen molar-refractivity contribution in [1.29, 1.82) is 0 Å². The molecule has 1 aliphatic heterocycles. The number of halogens is 2. The van der Waals surface area contributed by atoms with E-state index in [1.54, 1.807) is 6.07 Å². The molecule has 1 heterocycles. The van der Waals surface area contributed by atoms with Crippen molar-refractivity contribution in [3.63, 3.8) is 0 Å². The van der Waals surface area contributed by atoms with Gasteiger partial charge in [-0.3, -0.25) is 5.84 Å². The predicted octanol–water partition coefficient (Wildman–Crippen LogP) is 2.91. The maximum Gasteiger partial charge on any atom is 0.161 e. The molecule has 0 amide bonds. The molecule has 0 aliphatic carbocycles. The van der Waals surface area contributed by atoms with Gasteiger partial charge in [0.05, 0.1) is 6.04 Å². The number of benzene rings is 2. The molecule has 0 saturated carbocycles. The summed E-state index contributed by atoms with van der Waals surface area (Å²) in [5.41, 5.74) is 4.51. The van der Waals surface area contributed by atoms with E-state index < -0.39 is 0 Å². The van der Waals surface area contributed by atoms with Crippen LogP contribution >= 0.6 is 15.9 Å². The van der Waals surface area contributed by atoms with E-state index in [2.05, 4.69) is 21.4 Å². The fourth-order valence-corrected chi connectivity index (χ4v) is 2.92. The lowest BCUT2D eigenvalue weighted by Crippen LogP contribution is -2.29. The minimum atomic E-state index is -0.302. The Morgan fingerprint density at radius 2 is 1.86 bits per heavy atom. The van der Waals surface area contributed by atoms with Crippen molar-refractivity contribution >= 4 is 15.9 Å². The molecule has 0 saturated heterocycles. The number of nitrogens with one attached hydrogen (secondary N) is 1. The summed E-state index contributed by atoms with van der Waals surface area (Å²) < 4.78 is 25.0. The van der Waals surface area contributed by atoms with Gasteiger partial charge in [0.25, 0.3) is 0 Å². The molecule has 1 aliphatic rings. The van der Waals surface area contributed by atoms with Crippen molar-refractivity contribution in [2.24, 2.45) is 5.84 Å². The van der Waals surface area contributed by atoms with Crippen LogP contribution in [0.15, 0.2) is 40.9 Å². The Hall–Kier alpha value is -1.63. The van der Waals surface area contributed by atoms with Gasteiger partial charge in [-0.15, -0.1) is 0 Å². The number of rotatable bonds is 3. The van der Waals surface area contributed by atoms with Crippen LogP contribution in [0.25, 0.3) is 0 Å². The summed E-state index contributed by atoms with van der Waals surface area (Å²) >= 11 is 3.37. The lowest BCUT2D eigenvalue weighted by molar-refractivity contribution is 0.171. The zero-order valence-electron chi connectivity index (χ0n) is 11.1. The Bertz CT molecular complexity index is 666. The van der Waals surface area contributed by atoms with Crippen LogP contribution in [0.2, 0.25) is 0 Å². The van der Waals surface area contributed by atoms with Gasteiger partial charge in [-0.2, -0.15) is 0 Å². The highest BCUT2D eigenvalue weighted by atomic mass is 79.9. The predicted molar refractivity (Wildman–Crippen MR) is 80.7 cm³/mol. The minimum absolute atomic E-state index is 0.282. The molecule has 0 bridgehead atoms. The Balaban J connectivity index is 1.99. The van der Waals surface area contributed by atoms with E-state index in [1.807, 2.05) is 18.2 Å². The summed E-state index contributed by atoms with van der Waals surface area (Å²) in [6.45, 7) is 1.08. The monoisotopic (exact) mass is 352 g/mol. The SMILES string of the molecule is NNC(c1ccc2c(c1)OCCO2)c1ccc(F)cc1Br. The van der Waals surface area contributed by atoms with Crippen molar-refractivity contribution in [1.82, 2.24) is 5.43 Å². The number of ether oxygens (including phenoxy) is 2. The molecule has 3 N–H and O–H groups in total. The third kappa shape index (κ3) is 2.88. The van der Waals surface area contributed by atoms with E-state index in [0.29, 0.717) is 23.4 Å². The van der Waals surface area contributed by atoms with E-state index in [1.165, 1.54) is 12.1 Å². The molecule has 2 aromatic rings. The van der Waals surface area contributed by atoms with Crippen LogP contribution in [-0.4, -0.2) is 13.2 Å². The molecule has 0 aromatic heterocycles. The molecule has 3 rings (SSSR count). The van der Waals surface area contributed by atoms with Gasteiger partial charge in [-0.1, -0.05) is 28.1 Å². The van der Waals surface area contributed by atoms with Gasteiger partial charge in [0.2, 0.25) is 0 Å². The van der Waals surface area contributed by atoms with Crippen LogP contribution in [-0.2, 0) is 0 Å². The van der Waals surface area contributed by atoms with Gasteiger partial charge in [0, 0.05) is 4.47 Å². The first-order valence-corrected chi connectivity index (χ1v) is 7.29. The van der Waals surface area contributed by atoms with Crippen LogP contribution in [0, 0.1) is 5.82 Å². The van der Waals surface area contributed by atoms with Crippen molar-refractivity contribution in [3.8, 4) is 11.5 Å². The van der Waals surface area contributed by atoms with Gasteiger partial charge in [-0.05, 0) is 35.4 Å². The molecular weight excluding hydrogens is 339 g/mol. The smallest absolute Gasteiger partial charge is 0.161 e. The average Bonchev–Trinajstić information content (AvgIpc) is 2.50. The van der Waals surface area contributed by atoms with E-state index in [-0.39, 0.29) is 11.9 Å². The number of fused-ring (bicyclic) bond motifs is 1. The van der Waals surface area contributed by atoms with E-state index >= 15 is 0 Å². The lowest BCUT2D eigenvalue weighted by Gasteiger charge is -2.22. The fourth-order valence-electron chi connectivity index (χ4n) is 2.34. The second kappa shape index (κ2) is 6.01. The Morgan fingerprint density at radius 1 is 1.10 bits per heavy atom. The van der Waals surface area contributed by atoms with Gasteiger partial charge in [0.1, 0.15) is 19.0 Å². The maximum absolute atomic E-state index is 13.2. The Morgan fingerprint density at radius 3 is 2.57 bits per heavy atom. The Labute approximate surface area is 130 Å². The molecule has 0 spiro atoms. The first-order chi connectivity index (χ1) is 10.2. The van der Waals surface area contributed by atoms with E-state index in [4.69, 9.17) is 15.3 Å². The van der Waals surface area contributed by atoms with Crippen molar-refractivity contribution in [2.45, 2.75) is 6.04 Å². The summed E-state index contributed by atoms with van der Waals surface area (Å²) in [7, 11) is 0. The molecule has 1 atom stereocenters. The number of nitrogens with two attached hydrogens (primary N) is 1. The molecule has 0 radical (unpaired) electrons. The summed E-state index contributed by atoms with van der Waals surface area (Å²) in [5.74, 6) is 6.79. The molecule has 21 heavy (non-hydrogen) atoms. The first-order valence-electron chi connectivity index (χ1n) is 6.49. The summed E-state index contributed by atoms with van der Waals surface area (Å²) in [6.07, 6.45) is 0.